The molecule has 8 nitrogen and oxygen atoms in total. The molecule has 10 aliphatic carbocycles. The number of nitrogens with zero attached hydrogens (tertiary/aromatic N) is 1. The van der Waals surface area contributed by atoms with Gasteiger partial charge >= 0.3 is 17.9 Å². The summed E-state index contributed by atoms with van der Waals surface area (Å²) in [7, 11) is 0. The van der Waals surface area contributed by atoms with Gasteiger partial charge in [-0.05, 0) is 144 Å². The minimum atomic E-state index is -0.358. The van der Waals surface area contributed by atoms with Crippen LogP contribution in [-0.4, -0.2) is 47.4 Å². The summed E-state index contributed by atoms with van der Waals surface area (Å²) in [5.41, 5.74) is -0.345. The van der Waals surface area contributed by atoms with Crippen LogP contribution in [0.4, 0.5) is 0 Å². The van der Waals surface area contributed by atoms with E-state index in [4.69, 9.17) is 24.6 Å². The largest absolute Gasteiger partial charge is 0.462 e. The van der Waals surface area contributed by atoms with Gasteiger partial charge in [0, 0.05) is 5.92 Å². The zero-order chi connectivity index (χ0) is 38.9. The van der Waals surface area contributed by atoms with E-state index in [9.17, 15) is 14.4 Å². The summed E-state index contributed by atoms with van der Waals surface area (Å²) < 4.78 is 15.5. The van der Waals surface area contributed by atoms with Crippen LogP contribution in [0, 0.1) is 94.2 Å². The van der Waals surface area contributed by atoms with Gasteiger partial charge in [0.15, 0.2) is 0 Å². The molecule has 6 fully saturated rings. The number of ether oxygens (including phenoxy) is 3. The van der Waals surface area contributed by atoms with Crippen molar-refractivity contribution in [1.82, 2.24) is 0 Å². The third-order valence-electron chi connectivity index (χ3n) is 14.0. The highest BCUT2D eigenvalue weighted by molar-refractivity contribution is 5.76. The average Bonchev–Trinajstić information content (AvgIpc) is 3.99. The van der Waals surface area contributed by atoms with E-state index in [2.05, 4.69) is 73.8 Å². The molecule has 16 atom stereocenters. The maximum Gasteiger partial charge on any atom is 0.310 e. The van der Waals surface area contributed by atoms with Crippen molar-refractivity contribution in [2.45, 2.75) is 116 Å². The number of nitriles is 1. The molecular weight excluding hydrogens is 691 g/mol. The Kier molecular flexibility index (Phi) is 12.3. The summed E-state index contributed by atoms with van der Waals surface area (Å²) in [6.45, 7) is 8.37. The number of carbonyl (C=O) groups excluding carboxylic acids is 3. The predicted octanol–water partition coefficient (Wildman–Crippen LogP) is 8.48. The van der Waals surface area contributed by atoms with Crippen molar-refractivity contribution >= 4 is 17.9 Å². The molecule has 0 aromatic heterocycles. The summed E-state index contributed by atoms with van der Waals surface area (Å²) in [5.74, 6) is 7.57. The molecule has 1 N–H and O–H groups in total. The van der Waals surface area contributed by atoms with Crippen molar-refractivity contribution < 1.29 is 33.7 Å². The maximum atomic E-state index is 11.9. The lowest BCUT2D eigenvalue weighted by atomic mass is 9.93. The molecule has 1 saturated heterocycles. The molecule has 0 aromatic rings. The monoisotopic (exact) mass is 753 g/mol. The summed E-state index contributed by atoms with van der Waals surface area (Å²) in [6.07, 6.45) is 33.9. The van der Waals surface area contributed by atoms with Crippen LogP contribution in [-0.2, 0) is 28.6 Å². The predicted molar refractivity (Wildman–Crippen MR) is 209 cm³/mol. The fourth-order valence-electron chi connectivity index (χ4n) is 11.0. The van der Waals surface area contributed by atoms with E-state index in [0.29, 0.717) is 41.4 Å². The summed E-state index contributed by atoms with van der Waals surface area (Å²) >= 11 is 0. The number of esters is 3. The number of hydrogen-bond donors (Lipinski definition) is 1. The quantitative estimate of drug-likeness (QED) is 0.173. The Bertz CT molecular complexity index is 1580. The zero-order valence-electron chi connectivity index (χ0n) is 33.3. The van der Waals surface area contributed by atoms with Crippen LogP contribution in [0.15, 0.2) is 60.8 Å². The van der Waals surface area contributed by atoms with Crippen molar-refractivity contribution in [2.75, 3.05) is 6.61 Å². The van der Waals surface area contributed by atoms with Gasteiger partial charge in [-0.2, -0.15) is 5.26 Å². The first-order valence-electron chi connectivity index (χ1n) is 21.4. The highest BCUT2D eigenvalue weighted by Crippen LogP contribution is 2.46. The molecule has 10 bridgehead atoms. The van der Waals surface area contributed by atoms with E-state index in [0.717, 1.165) is 68.1 Å². The number of carbonyl (C=O) groups is 3. The Morgan fingerprint density at radius 3 is 1.45 bits per heavy atom. The van der Waals surface area contributed by atoms with E-state index in [-0.39, 0.29) is 60.6 Å². The molecule has 5 saturated carbocycles. The van der Waals surface area contributed by atoms with Crippen LogP contribution in [0.5, 0.6) is 0 Å². The van der Waals surface area contributed by atoms with Gasteiger partial charge in [0.2, 0.25) is 0 Å². The first-order chi connectivity index (χ1) is 26.3. The molecule has 0 radical (unpaired) electrons. The first kappa shape index (κ1) is 39.8. The summed E-state index contributed by atoms with van der Waals surface area (Å²) in [6, 6.07) is 2.34. The number of aliphatic hydroxyl groups is 1. The minimum absolute atomic E-state index is 0.00523. The van der Waals surface area contributed by atoms with Gasteiger partial charge in [-0.3, -0.25) is 14.4 Å². The molecule has 11 aliphatic rings. The Labute approximate surface area is 328 Å². The van der Waals surface area contributed by atoms with Gasteiger partial charge < -0.3 is 19.3 Å². The van der Waals surface area contributed by atoms with Crippen LogP contribution >= 0.6 is 0 Å². The van der Waals surface area contributed by atoms with Gasteiger partial charge in [0.05, 0.1) is 36.3 Å². The Hall–Kier alpha value is -3.44. The van der Waals surface area contributed by atoms with Crippen molar-refractivity contribution in [3.05, 3.63) is 60.8 Å². The van der Waals surface area contributed by atoms with Crippen molar-refractivity contribution in [3.8, 4) is 6.07 Å². The SMILES string of the molecule is CC(C)(C)OC(=O)C1CC2C=CC1C2.CC1CC2C=CC1C2.N#CC1CC2C=CC1C2.O=C1CC(OC(=O)C2CC3C=CC2C3)CO1.OC1CC2C=CC1C2. The van der Waals surface area contributed by atoms with Crippen molar-refractivity contribution in [3.63, 3.8) is 0 Å². The molecule has 1 aliphatic heterocycles. The number of aliphatic hydroxyl groups excluding tert-OH is 1. The third-order valence-corrected chi connectivity index (χ3v) is 14.0. The van der Waals surface area contributed by atoms with E-state index < -0.39 is 0 Å². The number of cyclic esters (lactones) is 1. The Morgan fingerprint density at radius 2 is 1.16 bits per heavy atom. The lowest BCUT2D eigenvalue weighted by Gasteiger charge is -2.24. The summed E-state index contributed by atoms with van der Waals surface area (Å²) in [4.78, 5) is 34.5. The number of hydrogen-bond acceptors (Lipinski definition) is 8. The minimum Gasteiger partial charge on any atom is -0.462 e. The molecule has 55 heavy (non-hydrogen) atoms. The highest BCUT2D eigenvalue weighted by Gasteiger charge is 2.43. The van der Waals surface area contributed by atoms with Crippen LogP contribution in [0.25, 0.3) is 0 Å². The number of fused-ring (bicyclic) bond motifs is 10. The molecular formula is C47H63NO7. The topological polar surface area (TPSA) is 123 Å². The van der Waals surface area contributed by atoms with E-state index in [1.54, 1.807) is 0 Å². The number of allylic oxidation sites excluding steroid dienone is 9. The second kappa shape index (κ2) is 17.0. The molecule has 0 spiro atoms. The molecule has 0 aromatic carbocycles. The van der Waals surface area contributed by atoms with Crippen molar-refractivity contribution in [2.24, 2.45) is 82.9 Å². The van der Waals surface area contributed by atoms with E-state index in [1.165, 1.54) is 25.7 Å². The lowest BCUT2D eigenvalue weighted by Crippen LogP contribution is -2.30. The average molecular weight is 754 g/mol. The fraction of sp³-hybridized carbons (Fsp3) is 0.702. The number of rotatable bonds is 3. The molecule has 0 amide bonds. The normalized spacial score (nSPS) is 42.8. The first-order valence-corrected chi connectivity index (χ1v) is 21.4. The van der Waals surface area contributed by atoms with Gasteiger partial charge in [-0.15, -0.1) is 0 Å². The molecule has 298 valence electrons. The van der Waals surface area contributed by atoms with E-state index in [1.807, 2.05) is 20.8 Å². The van der Waals surface area contributed by atoms with Gasteiger partial charge in [-0.1, -0.05) is 67.7 Å². The maximum absolute atomic E-state index is 11.9. The van der Waals surface area contributed by atoms with Gasteiger partial charge in [-0.25, -0.2) is 0 Å². The van der Waals surface area contributed by atoms with Crippen LogP contribution in [0.2, 0.25) is 0 Å². The zero-order valence-corrected chi connectivity index (χ0v) is 33.3. The third kappa shape index (κ3) is 9.93. The fourth-order valence-corrected chi connectivity index (χ4v) is 11.0. The van der Waals surface area contributed by atoms with E-state index >= 15 is 0 Å². The van der Waals surface area contributed by atoms with Crippen molar-refractivity contribution in [1.29, 1.82) is 5.26 Å². The van der Waals surface area contributed by atoms with Crippen LogP contribution < -0.4 is 0 Å². The molecule has 16 unspecified atom stereocenters. The second-order valence-corrected chi connectivity index (χ2v) is 19.4. The smallest absolute Gasteiger partial charge is 0.310 e. The molecule has 11 rings (SSSR count). The second-order valence-electron chi connectivity index (χ2n) is 19.4. The Morgan fingerprint density at radius 1 is 0.673 bits per heavy atom. The Balaban J connectivity index is 0.000000109. The molecule has 8 heteroatoms. The highest BCUT2D eigenvalue weighted by atomic mass is 16.6. The van der Waals surface area contributed by atoms with Gasteiger partial charge in [0.25, 0.3) is 0 Å². The van der Waals surface area contributed by atoms with Gasteiger partial charge in [0.1, 0.15) is 18.3 Å². The summed E-state index contributed by atoms with van der Waals surface area (Å²) in [5, 5.41) is 17.8. The lowest BCUT2D eigenvalue weighted by molar-refractivity contribution is -0.161. The van der Waals surface area contributed by atoms with Crippen LogP contribution in [0.3, 0.4) is 0 Å². The standard InChI is InChI=1S/C12H14O4.C12H18O2.C8H9N.C8H12.C7H10O/c13-11-5-9(6-15-11)16-12(14)10-4-7-1-2-8(10)3-7;1-12(2,3)14-11(13)10-7-8-4-5-9(10)6-8;9-5-8-4-6-1-2-7(8)3-6;1-6-4-7-2-3-8(6)5-7;8-7-4-5-1-2-6(7)3-5/h1-2,7-10H,3-6H2;4-5,8-10H,6-7H2,1-3H3;1-2,6-8H,3-4H2;2-3,6-8H,4-5H2,1H3;1-2,5-8H,3-4H2. The molecule has 1 heterocycles. The van der Waals surface area contributed by atoms with Crippen LogP contribution in [0.1, 0.15) is 98.3 Å².